The van der Waals surface area contributed by atoms with E-state index in [4.69, 9.17) is 4.74 Å². The highest BCUT2D eigenvalue weighted by Crippen LogP contribution is 2.19. The SMILES string of the molecule is COc1cccc(Nc2nncc(NCCC(C)C)n2)c1. The lowest BCUT2D eigenvalue weighted by atomic mass is 10.1. The fraction of sp³-hybridized carbons (Fsp3) is 0.400. The van der Waals surface area contributed by atoms with Crippen molar-refractivity contribution in [1.29, 1.82) is 0 Å². The number of benzene rings is 1. The second kappa shape index (κ2) is 7.42. The average molecular weight is 287 g/mol. The summed E-state index contributed by atoms with van der Waals surface area (Å²) in [7, 11) is 1.64. The van der Waals surface area contributed by atoms with Gasteiger partial charge in [0.25, 0.3) is 0 Å². The molecule has 0 aliphatic heterocycles. The third-order valence-electron chi connectivity index (χ3n) is 2.91. The van der Waals surface area contributed by atoms with Crippen LogP contribution in [0.3, 0.4) is 0 Å². The zero-order chi connectivity index (χ0) is 15.1. The summed E-state index contributed by atoms with van der Waals surface area (Å²) in [5, 5.41) is 14.3. The Hall–Kier alpha value is -2.37. The fourth-order valence-electron chi connectivity index (χ4n) is 1.76. The van der Waals surface area contributed by atoms with Crippen molar-refractivity contribution in [2.75, 3.05) is 24.3 Å². The number of hydrogen-bond donors (Lipinski definition) is 2. The highest BCUT2D eigenvalue weighted by molar-refractivity contribution is 5.56. The van der Waals surface area contributed by atoms with Gasteiger partial charge in [0.1, 0.15) is 5.75 Å². The largest absolute Gasteiger partial charge is 0.497 e. The number of nitrogens with zero attached hydrogens (tertiary/aromatic N) is 3. The Kier molecular flexibility index (Phi) is 5.31. The molecule has 0 aliphatic carbocycles. The molecule has 2 rings (SSSR count). The molecule has 112 valence electrons. The minimum absolute atomic E-state index is 0.456. The number of aromatic nitrogens is 3. The standard InChI is InChI=1S/C15H21N5O/c1-11(2)7-8-16-14-10-17-20-15(19-14)18-12-5-4-6-13(9-12)21-3/h4-6,9-11H,7-8H2,1-3H3,(H2,16,18,19,20). The number of methoxy groups -OCH3 is 1. The Bertz CT molecular complexity index is 573. The van der Waals surface area contributed by atoms with Crippen molar-refractivity contribution in [3.8, 4) is 5.75 Å². The first-order chi connectivity index (χ1) is 10.2. The van der Waals surface area contributed by atoms with E-state index in [0.717, 1.165) is 30.2 Å². The van der Waals surface area contributed by atoms with Crippen molar-refractivity contribution in [2.45, 2.75) is 20.3 Å². The number of anilines is 3. The summed E-state index contributed by atoms with van der Waals surface area (Å²) in [6, 6.07) is 7.58. The van der Waals surface area contributed by atoms with Crippen molar-refractivity contribution in [2.24, 2.45) is 5.92 Å². The Balaban J connectivity index is 1.99. The van der Waals surface area contributed by atoms with E-state index in [1.165, 1.54) is 0 Å². The van der Waals surface area contributed by atoms with Crippen LogP contribution in [0.4, 0.5) is 17.5 Å². The maximum absolute atomic E-state index is 5.18. The van der Waals surface area contributed by atoms with Gasteiger partial charge in [0, 0.05) is 18.3 Å². The van der Waals surface area contributed by atoms with Gasteiger partial charge in [-0.15, -0.1) is 5.10 Å². The molecule has 0 spiro atoms. The second-order valence-electron chi connectivity index (χ2n) is 5.13. The van der Waals surface area contributed by atoms with E-state index in [0.29, 0.717) is 11.9 Å². The molecule has 0 unspecified atom stereocenters. The number of ether oxygens (including phenoxy) is 1. The molecular weight excluding hydrogens is 266 g/mol. The first-order valence-electron chi connectivity index (χ1n) is 7.02. The Labute approximate surface area is 125 Å². The van der Waals surface area contributed by atoms with Crippen molar-refractivity contribution in [1.82, 2.24) is 15.2 Å². The van der Waals surface area contributed by atoms with Crippen LogP contribution in [0.15, 0.2) is 30.5 Å². The van der Waals surface area contributed by atoms with Gasteiger partial charge in [-0.1, -0.05) is 19.9 Å². The maximum atomic E-state index is 5.18. The van der Waals surface area contributed by atoms with Crippen LogP contribution in [0.1, 0.15) is 20.3 Å². The van der Waals surface area contributed by atoms with Crippen molar-refractivity contribution >= 4 is 17.5 Å². The molecule has 0 bridgehead atoms. The van der Waals surface area contributed by atoms with Crippen molar-refractivity contribution in [3.05, 3.63) is 30.5 Å². The van der Waals surface area contributed by atoms with Crippen molar-refractivity contribution < 1.29 is 4.74 Å². The molecule has 6 heteroatoms. The molecule has 0 aliphatic rings. The molecule has 0 saturated carbocycles. The third-order valence-corrected chi connectivity index (χ3v) is 2.91. The van der Waals surface area contributed by atoms with Gasteiger partial charge in [-0.05, 0) is 24.5 Å². The van der Waals surface area contributed by atoms with Crippen LogP contribution in [0, 0.1) is 5.92 Å². The monoisotopic (exact) mass is 287 g/mol. The molecule has 2 aromatic rings. The molecular formula is C15H21N5O. The zero-order valence-corrected chi connectivity index (χ0v) is 12.6. The van der Waals surface area contributed by atoms with Gasteiger partial charge in [0.05, 0.1) is 13.3 Å². The summed E-state index contributed by atoms with van der Waals surface area (Å²) in [6.07, 6.45) is 2.71. The van der Waals surface area contributed by atoms with Crippen LogP contribution in [-0.2, 0) is 0 Å². The van der Waals surface area contributed by atoms with Gasteiger partial charge in [0.15, 0.2) is 5.82 Å². The fourth-order valence-corrected chi connectivity index (χ4v) is 1.76. The lowest BCUT2D eigenvalue weighted by Gasteiger charge is -2.09. The number of nitrogens with one attached hydrogen (secondary N) is 2. The van der Waals surface area contributed by atoms with Crippen LogP contribution < -0.4 is 15.4 Å². The maximum Gasteiger partial charge on any atom is 0.249 e. The first-order valence-corrected chi connectivity index (χ1v) is 7.02. The predicted molar refractivity (Wildman–Crippen MR) is 84.0 cm³/mol. The number of rotatable bonds is 7. The van der Waals surface area contributed by atoms with Crippen molar-refractivity contribution in [3.63, 3.8) is 0 Å². The molecule has 0 atom stereocenters. The van der Waals surface area contributed by atoms with E-state index in [-0.39, 0.29) is 0 Å². The zero-order valence-electron chi connectivity index (χ0n) is 12.6. The highest BCUT2D eigenvalue weighted by Gasteiger charge is 2.02. The van der Waals surface area contributed by atoms with Gasteiger partial charge in [0.2, 0.25) is 5.95 Å². The Morgan fingerprint density at radius 3 is 2.90 bits per heavy atom. The summed E-state index contributed by atoms with van der Waals surface area (Å²) >= 11 is 0. The van der Waals surface area contributed by atoms with Gasteiger partial charge >= 0.3 is 0 Å². The lowest BCUT2D eigenvalue weighted by Crippen LogP contribution is -2.08. The lowest BCUT2D eigenvalue weighted by molar-refractivity contribution is 0.415. The van der Waals surface area contributed by atoms with E-state index < -0.39 is 0 Å². The van der Waals surface area contributed by atoms with E-state index in [1.807, 2.05) is 24.3 Å². The third kappa shape index (κ3) is 4.91. The summed E-state index contributed by atoms with van der Waals surface area (Å²) in [5.74, 6) is 2.61. The topological polar surface area (TPSA) is 72.0 Å². The molecule has 2 N–H and O–H groups in total. The summed E-state index contributed by atoms with van der Waals surface area (Å²) in [6.45, 7) is 5.25. The van der Waals surface area contributed by atoms with E-state index in [1.54, 1.807) is 13.3 Å². The van der Waals surface area contributed by atoms with Crippen LogP contribution in [-0.4, -0.2) is 28.8 Å². The first kappa shape index (κ1) is 15.0. The normalized spacial score (nSPS) is 10.5. The average Bonchev–Trinajstić information content (AvgIpc) is 2.47. The minimum atomic E-state index is 0.456. The van der Waals surface area contributed by atoms with E-state index in [9.17, 15) is 0 Å². The van der Waals surface area contributed by atoms with Gasteiger partial charge in [-0.2, -0.15) is 10.1 Å². The van der Waals surface area contributed by atoms with Crippen LogP contribution in [0.2, 0.25) is 0 Å². The Morgan fingerprint density at radius 1 is 1.29 bits per heavy atom. The second-order valence-corrected chi connectivity index (χ2v) is 5.13. The molecule has 1 aromatic carbocycles. The molecule has 6 nitrogen and oxygen atoms in total. The van der Waals surface area contributed by atoms with Gasteiger partial charge in [-0.25, -0.2) is 0 Å². The quantitative estimate of drug-likeness (QED) is 0.815. The van der Waals surface area contributed by atoms with Crippen LogP contribution >= 0.6 is 0 Å². The predicted octanol–water partition coefficient (Wildman–Crippen LogP) is 3.08. The number of hydrogen-bond acceptors (Lipinski definition) is 6. The molecule has 0 saturated heterocycles. The van der Waals surface area contributed by atoms with Gasteiger partial charge < -0.3 is 15.4 Å². The van der Waals surface area contributed by atoms with E-state index >= 15 is 0 Å². The molecule has 0 radical (unpaired) electrons. The van der Waals surface area contributed by atoms with E-state index in [2.05, 4.69) is 39.7 Å². The minimum Gasteiger partial charge on any atom is -0.497 e. The molecule has 0 fully saturated rings. The molecule has 21 heavy (non-hydrogen) atoms. The highest BCUT2D eigenvalue weighted by atomic mass is 16.5. The Morgan fingerprint density at radius 2 is 2.14 bits per heavy atom. The molecule has 1 aromatic heterocycles. The molecule has 0 amide bonds. The summed E-state index contributed by atoms with van der Waals surface area (Å²) in [5.41, 5.74) is 0.857. The van der Waals surface area contributed by atoms with Crippen LogP contribution in [0.5, 0.6) is 5.75 Å². The van der Waals surface area contributed by atoms with Crippen LogP contribution in [0.25, 0.3) is 0 Å². The summed E-state index contributed by atoms with van der Waals surface area (Å²) < 4.78 is 5.18. The molecule has 1 heterocycles. The summed E-state index contributed by atoms with van der Waals surface area (Å²) in [4.78, 5) is 4.38. The smallest absolute Gasteiger partial charge is 0.249 e. The van der Waals surface area contributed by atoms with Gasteiger partial charge in [-0.3, -0.25) is 0 Å².